The lowest BCUT2D eigenvalue weighted by molar-refractivity contribution is -0.129. The van der Waals surface area contributed by atoms with Crippen molar-refractivity contribution < 1.29 is 14.6 Å². The smallest absolute Gasteiger partial charge is 0.225 e. The zero-order valence-electron chi connectivity index (χ0n) is 10.5. The first-order valence-electron chi connectivity index (χ1n) is 5.61. The third-order valence-electron chi connectivity index (χ3n) is 2.42. The molecule has 1 N–H and O–H groups in total. The van der Waals surface area contributed by atoms with Gasteiger partial charge in [-0.05, 0) is 24.6 Å². The van der Waals surface area contributed by atoms with E-state index in [9.17, 15) is 9.90 Å². The van der Waals surface area contributed by atoms with Crippen molar-refractivity contribution in [2.45, 2.75) is 19.4 Å². The van der Waals surface area contributed by atoms with Crippen LogP contribution in [0.25, 0.3) is 0 Å². The maximum atomic E-state index is 11.3. The molecule has 4 nitrogen and oxygen atoms in total. The van der Waals surface area contributed by atoms with Crippen LogP contribution in [0.3, 0.4) is 0 Å². The van der Waals surface area contributed by atoms with Gasteiger partial charge in [-0.25, -0.2) is 0 Å². The van der Waals surface area contributed by atoms with Crippen LogP contribution in [0.5, 0.6) is 5.75 Å². The lowest BCUT2D eigenvalue weighted by atomic mass is 10.1. The van der Waals surface area contributed by atoms with Gasteiger partial charge in [-0.1, -0.05) is 12.1 Å². The largest absolute Gasteiger partial charge is 0.493 e. The van der Waals surface area contributed by atoms with Crippen LogP contribution in [0, 0.1) is 0 Å². The summed E-state index contributed by atoms with van der Waals surface area (Å²) in [7, 11) is 3.44. The van der Waals surface area contributed by atoms with Gasteiger partial charge in [-0.3, -0.25) is 4.79 Å². The molecule has 0 aliphatic heterocycles. The predicted octanol–water partition coefficient (Wildman–Crippen LogP) is 1.60. The summed E-state index contributed by atoms with van der Waals surface area (Å²) >= 11 is 0. The third kappa shape index (κ3) is 4.44. The summed E-state index contributed by atoms with van der Waals surface area (Å²) in [4.78, 5) is 12.9. The first kappa shape index (κ1) is 13.5. The van der Waals surface area contributed by atoms with Gasteiger partial charge < -0.3 is 14.7 Å². The molecule has 1 amide bonds. The number of ether oxygens (including phenoxy) is 1. The van der Waals surface area contributed by atoms with Gasteiger partial charge in [0.25, 0.3) is 0 Å². The number of carbonyl (C=O) groups excluding carboxylic acids is 1. The molecule has 0 aliphatic carbocycles. The van der Waals surface area contributed by atoms with Crippen molar-refractivity contribution >= 4 is 5.91 Å². The minimum absolute atomic E-state index is 0.0386. The highest BCUT2D eigenvalue weighted by Crippen LogP contribution is 2.18. The van der Waals surface area contributed by atoms with Gasteiger partial charge in [-0.15, -0.1) is 0 Å². The van der Waals surface area contributed by atoms with Gasteiger partial charge in [0.05, 0.1) is 19.1 Å². The molecule has 0 bridgehead atoms. The van der Waals surface area contributed by atoms with E-state index in [4.69, 9.17) is 4.74 Å². The number of hydrogen-bond donors (Lipinski definition) is 1. The highest BCUT2D eigenvalue weighted by atomic mass is 16.5. The second-order valence-corrected chi connectivity index (χ2v) is 4.14. The monoisotopic (exact) mass is 237 g/mol. The first-order chi connectivity index (χ1) is 8.00. The van der Waals surface area contributed by atoms with E-state index in [0.29, 0.717) is 18.8 Å². The highest BCUT2D eigenvalue weighted by Gasteiger charge is 2.05. The Bertz CT molecular complexity index is 375. The molecule has 0 heterocycles. The normalized spacial score (nSPS) is 12.0. The zero-order valence-corrected chi connectivity index (χ0v) is 10.5. The van der Waals surface area contributed by atoms with Crippen LogP contribution in [-0.4, -0.2) is 36.6 Å². The molecule has 17 heavy (non-hydrogen) atoms. The van der Waals surface area contributed by atoms with Gasteiger partial charge in [-0.2, -0.15) is 0 Å². The second-order valence-electron chi connectivity index (χ2n) is 4.14. The molecule has 0 saturated carbocycles. The van der Waals surface area contributed by atoms with Crippen molar-refractivity contribution in [1.82, 2.24) is 4.90 Å². The Morgan fingerprint density at radius 3 is 2.76 bits per heavy atom. The number of aliphatic hydroxyl groups is 1. The summed E-state index contributed by atoms with van der Waals surface area (Å²) in [6.07, 6.45) is -0.159. The maximum Gasteiger partial charge on any atom is 0.225 e. The van der Waals surface area contributed by atoms with Gasteiger partial charge in [0.2, 0.25) is 5.91 Å². The van der Waals surface area contributed by atoms with E-state index in [2.05, 4.69) is 0 Å². The van der Waals surface area contributed by atoms with Gasteiger partial charge >= 0.3 is 0 Å². The zero-order chi connectivity index (χ0) is 12.8. The Kier molecular flexibility index (Phi) is 4.97. The van der Waals surface area contributed by atoms with Crippen molar-refractivity contribution in [3.05, 3.63) is 29.8 Å². The molecule has 1 atom stereocenters. The summed E-state index contributed by atoms with van der Waals surface area (Å²) in [6, 6.07) is 7.25. The fourth-order valence-electron chi connectivity index (χ4n) is 1.34. The van der Waals surface area contributed by atoms with Crippen molar-refractivity contribution in [1.29, 1.82) is 0 Å². The molecular weight excluding hydrogens is 218 g/mol. The van der Waals surface area contributed by atoms with Crippen LogP contribution >= 0.6 is 0 Å². The van der Waals surface area contributed by atoms with E-state index in [0.717, 1.165) is 5.56 Å². The summed E-state index contributed by atoms with van der Waals surface area (Å²) in [6.45, 7) is 2.05. The van der Waals surface area contributed by atoms with Crippen LogP contribution in [0.4, 0.5) is 0 Å². The molecule has 0 radical (unpaired) electrons. The fourth-order valence-corrected chi connectivity index (χ4v) is 1.34. The average Bonchev–Trinajstić information content (AvgIpc) is 2.29. The lowest BCUT2D eigenvalue weighted by Crippen LogP contribution is -2.23. The van der Waals surface area contributed by atoms with Crippen LogP contribution in [0.15, 0.2) is 24.3 Å². The van der Waals surface area contributed by atoms with Crippen molar-refractivity contribution in [3.63, 3.8) is 0 Å². The van der Waals surface area contributed by atoms with Crippen molar-refractivity contribution in [2.24, 2.45) is 0 Å². The maximum absolute atomic E-state index is 11.3. The SMILES string of the molecule is C[C@H](O)c1cccc(OCCC(=O)N(C)C)c1. The average molecular weight is 237 g/mol. The number of amides is 1. The number of rotatable bonds is 5. The third-order valence-corrected chi connectivity index (χ3v) is 2.42. The van der Waals surface area contributed by atoms with Gasteiger partial charge in [0.15, 0.2) is 0 Å². The molecule has 1 aromatic rings. The van der Waals surface area contributed by atoms with E-state index < -0.39 is 6.10 Å². The Morgan fingerprint density at radius 2 is 2.18 bits per heavy atom. The number of nitrogens with zero attached hydrogens (tertiary/aromatic N) is 1. The number of carbonyl (C=O) groups is 1. The second kappa shape index (κ2) is 6.25. The van der Waals surface area contributed by atoms with E-state index in [-0.39, 0.29) is 5.91 Å². The summed E-state index contributed by atoms with van der Waals surface area (Å²) in [5, 5.41) is 9.42. The topological polar surface area (TPSA) is 49.8 Å². The molecule has 0 fully saturated rings. The molecule has 0 aliphatic rings. The predicted molar refractivity (Wildman–Crippen MR) is 65.9 cm³/mol. The Hall–Kier alpha value is -1.55. The molecule has 4 heteroatoms. The van der Waals surface area contributed by atoms with E-state index in [1.807, 2.05) is 18.2 Å². The Morgan fingerprint density at radius 1 is 1.47 bits per heavy atom. The molecule has 0 spiro atoms. The summed E-state index contributed by atoms with van der Waals surface area (Å²) in [5.41, 5.74) is 0.807. The van der Waals surface area contributed by atoms with Crippen molar-refractivity contribution in [3.8, 4) is 5.75 Å². The van der Waals surface area contributed by atoms with Crippen molar-refractivity contribution in [2.75, 3.05) is 20.7 Å². The molecule has 94 valence electrons. The standard InChI is InChI=1S/C13H19NO3/c1-10(15)11-5-4-6-12(9-11)17-8-7-13(16)14(2)3/h4-6,9-10,15H,7-8H2,1-3H3/t10-/m0/s1. The van der Waals surface area contributed by atoms with Crippen LogP contribution in [0.1, 0.15) is 25.0 Å². The van der Waals surface area contributed by atoms with Gasteiger partial charge in [0.1, 0.15) is 5.75 Å². The minimum Gasteiger partial charge on any atom is -0.493 e. The molecule has 1 aromatic carbocycles. The fraction of sp³-hybridized carbons (Fsp3) is 0.462. The molecular formula is C13H19NO3. The number of aliphatic hydroxyl groups excluding tert-OH is 1. The Balaban J connectivity index is 2.47. The first-order valence-corrected chi connectivity index (χ1v) is 5.61. The number of benzene rings is 1. The summed E-state index contributed by atoms with van der Waals surface area (Å²) in [5.74, 6) is 0.714. The molecule has 0 unspecified atom stereocenters. The van der Waals surface area contributed by atoms with Crippen LogP contribution in [0.2, 0.25) is 0 Å². The quantitative estimate of drug-likeness (QED) is 0.846. The molecule has 0 saturated heterocycles. The van der Waals surface area contributed by atoms with E-state index in [1.165, 1.54) is 4.90 Å². The Labute approximate surface area is 102 Å². The van der Waals surface area contributed by atoms with E-state index in [1.54, 1.807) is 27.1 Å². The van der Waals surface area contributed by atoms with Gasteiger partial charge in [0, 0.05) is 14.1 Å². The van der Waals surface area contributed by atoms with E-state index >= 15 is 0 Å². The highest BCUT2D eigenvalue weighted by molar-refractivity contribution is 5.75. The lowest BCUT2D eigenvalue weighted by Gasteiger charge is -2.12. The molecule has 0 aromatic heterocycles. The minimum atomic E-state index is -0.512. The van der Waals surface area contributed by atoms with Crippen LogP contribution < -0.4 is 4.74 Å². The van der Waals surface area contributed by atoms with Crippen LogP contribution in [-0.2, 0) is 4.79 Å². The molecule has 1 rings (SSSR count). The summed E-state index contributed by atoms with van der Waals surface area (Å²) < 4.78 is 5.46. The number of hydrogen-bond acceptors (Lipinski definition) is 3.